The molecule has 0 aromatic heterocycles. The van der Waals surface area contributed by atoms with Gasteiger partial charge in [0, 0.05) is 0 Å². The van der Waals surface area contributed by atoms with Gasteiger partial charge >= 0.3 is 24.0 Å². The van der Waals surface area contributed by atoms with Crippen molar-refractivity contribution in [1.29, 1.82) is 0 Å². The minimum absolute atomic E-state index is 0.464. The Hall–Kier alpha value is 3.57. The lowest BCUT2D eigenvalue weighted by atomic mass is 9.80. The van der Waals surface area contributed by atoms with E-state index in [-0.39, 0.29) is 0 Å². The van der Waals surface area contributed by atoms with E-state index in [9.17, 15) is 0 Å². The summed E-state index contributed by atoms with van der Waals surface area (Å²) < 4.78 is 0. The Labute approximate surface area is 276 Å². The molecule has 0 bridgehead atoms. The molecule has 1 aromatic carbocycles. The zero-order valence-electron chi connectivity index (χ0n) is 20.0. The summed E-state index contributed by atoms with van der Waals surface area (Å²) >= 11 is 76.0. The van der Waals surface area contributed by atoms with Crippen molar-refractivity contribution in [3.05, 3.63) is 33.4 Å². The summed E-state index contributed by atoms with van der Waals surface area (Å²) in [6.45, 7) is 4.32. The lowest BCUT2D eigenvalue weighted by molar-refractivity contribution is 0.805. The van der Waals surface area contributed by atoms with Crippen LogP contribution in [0, 0.1) is 0 Å². The van der Waals surface area contributed by atoms with Gasteiger partial charge in [-0.1, -0.05) is 26.7 Å². The summed E-state index contributed by atoms with van der Waals surface area (Å²) in [7, 11) is 0. The first kappa shape index (κ1) is 37.6. The average Bonchev–Trinajstić information content (AvgIpc) is 2.67. The topological polar surface area (TPSA) is 0 Å². The summed E-state index contributed by atoms with van der Waals surface area (Å²) in [5, 5.41) is 0. The van der Waals surface area contributed by atoms with Crippen LogP contribution in [-0.2, 0) is 38.5 Å². The lowest BCUT2D eigenvalue weighted by Crippen LogP contribution is -2.21. The van der Waals surface area contributed by atoms with Gasteiger partial charge in [-0.15, -0.1) is 133 Å². The van der Waals surface area contributed by atoms with Crippen molar-refractivity contribution >= 4 is 157 Å². The van der Waals surface area contributed by atoms with Gasteiger partial charge in [0.15, 0.2) is 0 Å². The van der Waals surface area contributed by atoms with Crippen LogP contribution in [0.5, 0.6) is 0 Å². The third-order valence-electron chi connectivity index (χ3n) is 5.82. The maximum Gasteiger partial charge on any atom is 0.341 e. The second-order valence-electron chi connectivity index (χ2n) is 8.83. The highest BCUT2D eigenvalue weighted by molar-refractivity contribution is 7.66. The van der Waals surface area contributed by atoms with Gasteiger partial charge in [-0.3, -0.25) is 0 Å². The van der Waals surface area contributed by atoms with Gasteiger partial charge in [-0.2, -0.15) is 0 Å². The molecule has 0 radical (unpaired) electrons. The van der Waals surface area contributed by atoms with E-state index in [0.717, 1.165) is 36.8 Å². The van der Waals surface area contributed by atoms with E-state index >= 15 is 0 Å². The van der Waals surface area contributed by atoms with Crippen LogP contribution in [0.2, 0.25) is 24.2 Å². The maximum atomic E-state index is 6.34. The maximum absolute atomic E-state index is 6.34. The Balaban J connectivity index is 3.99. The number of rotatable bonds is 16. The molecular weight excluding hydrogens is 778 g/mol. The van der Waals surface area contributed by atoms with Crippen molar-refractivity contribution in [1.82, 2.24) is 0 Å². The smallest absolute Gasteiger partial charge is 0.126 e. The normalized spacial score (nSPS) is 13.5. The molecule has 0 nitrogen and oxygen atoms in total. The second-order valence-corrected chi connectivity index (χ2v) is 45.9. The molecule has 0 aliphatic carbocycles. The molecule has 210 valence electrons. The molecule has 0 N–H and O–H groups in total. The van der Waals surface area contributed by atoms with E-state index in [2.05, 4.69) is 13.8 Å². The fourth-order valence-electron chi connectivity index (χ4n) is 4.47. The minimum Gasteiger partial charge on any atom is -0.126 e. The van der Waals surface area contributed by atoms with Gasteiger partial charge in [-0.05, 0) is 96.1 Å². The van der Waals surface area contributed by atoms with E-state index < -0.39 is 24.0 Å². The van der Waals surface area contributed by atoms with E-state index in [1.165, 1.54) is 22.3 Å². The Bertz CT molecular complexity index is 773. The van der Waals surface area contributed by atoms with Crippen molar-refractivity contribution in [2.24, 2.45) is 0 Å². The van der Waals surface area contributed by atoms with Crippen molar-refractivity contribution < 1.29 is 0 Å². The fraction of sp³-hybridized carbons (Fsp3) is 0.700. The molecule has 36 heavy (non-hydrogen) atoms. The molecule has 0 atom stereocenters. The zero-order valence-corrected chi connectivity index (χ0v) is 33.1. The summed E-state index contributed by atoms with van der Waals surface area (Å²) in [5.74, 6) is 0. The highest BCUT2D eigenvalue weighted by atomic mass is 35.9. The van der Waals surface area contributed by atoms with E-state index in [1.807, 2.05) is 0 Å². The predicted molar refractivity (Wildman–Crippen MR) is 182 cm³/mol. The molecule has 0 saturated carbocycles. The number of benzene rings is 1. The summed E-state index contributed by atoms with van der Waals surface area (Å²) in [5.41, 5.74) is 7.23. The van der Waals surface area contributed by atoms with Gasteiger partial charge < -0.3 is 0 Å². The Kier molecular flexibility index (Phi) is 17.2. The summed E-state index contributed by atoms with van der Waals surface area (Å²) in [6, 6.07) is -9.67. The standard InChI is InChI=1S/C20H30Cl12Si4/c1-3-5-15-16(6-4-2)18(8-12-34(24,25)26)20(10-14-36(30,31)32)19(9-13-35(27,28)29)17(15)7-11-33(21,22)23/h3-14H2,1-2H3. The fourth-order valence-corrected chi connectivity index (χ4v) is 10.0. The van der Waals surface area contributed by atoms with Gasteiger partial charge in [0.05, 0.1) is 0 Å². The summed E-state index contributed by atoms with van der Waals surface area (Å²) in [4.78, 5) is 0. The highest BCUT2D eigenvalue weighted by Crippen LogP contribution is 2.40. The molecule has 0 saturated heterocycles. The van der Waals surface area contributed by atoms with Crippen LogP contribution in [0.25, 0.3) is 0 Å². The SMILES string of the molecule is CCCc1c(CCC)c(CC[Si](Cl)(Cl)Cl)c(CC[Si](Cl)(Cl)Cl)c(CC[Si](Cl)(Cl)Cl)c1CC[Si](Cl)(Cl)Cl. The molecule has 0 amide bonds. The lowest BCUT2D eigenvalue weighted by Gasteiger charge is -2.29. The van der Waals surface area contributed by atoms with E-state index in [0.29, 0.717) is 49.9 Å². The molecular formula is C20H30Cl12Si4. The predicted octanol–water partition coefficient (Wildman–Crippen LogP) is 12.4. The molecule has 0 unspecified atom stereocenters. The minimum atomic E-state index is -2.91. The van der Waals surface area contributed by atoms with E-state index in [4.69, 9.17) is 133 Å². The number of halogens is 12. The molecule has 0 aliphatic rings. The molecule has 0 aliphatic heterocycles. The van der Waals surface area contributed by atoms with Gasteiger partial charge in [0.25, 0.3) is 0 Å². The monoisotopic (exact) mass is 802 g/mol. The van der Waals surface area contributed by atoms with E-state index in [1.54, 1.807) is 0 Å². The van der Waals surface area contributed by atoms with Crippen LogP contribution in [0.15, 0.2) is 0 Å². The quantitative estimate of drug-likeness (QED) is 0.115. The first-order valence-electron chi connectivity index (χ1n) is 11.7. The third-order valence-corrected chi connectivity index (χ3v) is 15.9. The van der Waals surface area contributed by atoms with Gasteiger partial charge in [-0.25, -0.2) is 0 Å². The van der Waals surface area contributed by atoms with Crippen LogP contribution in [-0.4, -0.2) is 24.0 Å². The number of hydrogen-bond donors (Lipinski definition) is 0. The molecule has 0 spiro atoms. The van der Waals surface area contributed by atoms with Crippen molar-refractivity contribution in [2.45, 2.75) is 89.4 Å². The zero-order chi connectivity index (χ0) is 27.9. The molecule has 0 fully saturated rings. The highest BCUT2D eigenvalue weighted by Gasteiger charge is 2.33. The number of hydrogen-bond acceptors (Lipinski definition) is 0. The van der Waals surface area contributed by atoms with Crippen LogP contribution in [0.3, 0.4) is 0 Å². The Morgan fingerprint density at radius 2 is 0.500 bits per heavy atom. The molecule has 0 heterocycles. The Morgan fingerprint density at radius 1 is 0.333 bits per heavy atom. The summed E-state index contributed by atoms with van der Waals surface area (Å²) in [6.07, 6.45) is 6.19. The Morgan fingerprint density at radius 3 is 0.639 bits per heavy atom. The molecule has 1 rings (SSSR count). The first-order valence-corrected chi connectivity index (χ1v) is 32.7. The van der Waals surface area contributed by atoms with Crippen LogP contribution >= 0.6 is 133 Å². The molecule has 1 aromatic rings. The van der Waals surface area contributed by atoms with Crippen LogP contribution in [0.1, 0.15) is 60.1 Å². The third kappa shape index (κ3) is 15.2. The van der Waals surface area contributed by atoms with Crippen LogP contribution < -0.4 is 0 Å². The molecule has 16 heteroatoms. The van der Waals surface area contributed by atoms with Crippen molar-refractivity contribution in [2.75, 3.05) is 0 Å². The van der Waals surface area contributed by atoms with Crippen molar-refractivity contribution in [3.63, 3.8) is 0 Å². The van der Waals surface area contributed by atoms with Crippen molar-refractivity contribution in [3.8, 4) is 0 Å². The average molecular weight is 808 g/mol. The second kappa shape index (κ2) is 16.4. The largest absolute Gasteiger partial charge is 0.341 e. The first-order chi connectivity index (χ1) is 16.3. The van der Waals surface area contributed by atoms with Gasteiger partial charge in [0.1, 0.15) is 0 Å². The van der Waals surface area contributed by atoms with Crippen LogP contribution in [0.4, 0.5) is 0 Å². The van der Waals surface area contributed by atoms with Gasteiger partial charge in [0.2, 0.25) is 0 Å².